The van der Waals surface area contributed by atoms with Crippen LogP contribution in [0.3, 0.4) is 0 Å². The van der Waals surface area contributed by atoms with Gasteiger partial charge in [-0.25, -0.2) is 0 Å². The maximum Gasteiger partial charge on any atom is 0.139 e. The van der Waals surface area contributed by atoms with E-state index in [2.05, 4.69) is 12.2 Å². The number of nitrogens with one attached hydrogen (secondary N) is 1. The van der Waals surface area contributed by atoms with E-state index in [1.807, 2.05) is 19.1 Å². The third-order valence-corrected chi connectivity index (χ3v) is 4.26. The topological polar surface area (TPSA) is 21.3 Å². The van der Waals surface area contributed by atoms with Gasteiger partial charge in [-0.2, -0.15) is 0 Å². The predicted molar refractivity (Wildman–Crippen MR) is 86.0 cm³/mol. The van der Waals surface area contributed by atoms with E-state index < -0.39 is 0 Å². The van der Waals surface area contributed by atoms with Gasteiger partial charge in [0.25, 0.3) is 0 Å². The zero-order valence-corrected chi connectivity index (χ0v) is 13.7. The lowest BCUT2D eigenvalue weighted by Gasteiger charge is -2.21. The largest absolute Gasteiger partial charge is 0.492 e. The molecular weight excluding hydrogens is 293 g/mol. The Bertz CT molecular complexity index is 446. The van der Waals surface area contributed by atoms with Gasteiger partial charge in [0, 0.05) is 17.1 Å². The Labute approximate surface area is 131 Å². The van der Waals surface area contributed by atoms with Gasteiger partial charge in [-0.05, 0) is 43.9 Å². The third-order valence-electron chi connectivity index (χ3n) is 3.63. The fourth-order valence-corrected chi connectivity index (χ4v) is 2.91. The van der Waals surface area contributed by atoms with Crippen molar-refractivity contribution in [3.63, 3.8) is 0 Å². The summed E-state index contributed by atoms with van der Waals surface area (Å²) in [6, 6.07) is 4.10. The molecule has 0 aliphatic heterocycles. The van der Waals surface area contributed by atoms with Crippen LogP contribution in [0.2, 0.25) is 10.0 Å². The van der Waals surface area contributed by atoms with E-state index in [-0.39, 0.29) is 0 Å². The highest BCUT2D eigenvalue weighted by Crippen LogP contribution is 2.41. The lowest BCUT2D eigenvalue weighted by molar-refractivity contribution is 0.340. The zero-order chi connectivity index (χ0) is 14.5. The molecule has 1 unspecified atom stereocenters. The van der Waals surface area contributed by atoms with E-state index in [0.29, 0.717) is 23.4 Å². The monoisotopic (exact) mass is 315 g/mol. The predicted octanol–water partition coefficient (Wildman–Crippen LogP) is 5.23. The maximum atomic E-state index is 6.44. The van der Waals surface area contributed by atoms with Crippen molar-refractivity contribution in [1.82, 2.24) is 5.32 Å². The SMILES string of the molecule is CCCNC(CC1CC1)c1cc(Cl)c(OCC)cc1Cl. The van der Waals surface area contributed by atoms with Crippen LogP contribution < -0.4 is 10.1 Å². The van der Waals surface area contributed by atoms with Crippen molar-refractivity contribution in [2.75, 3.05) is 13.2 Å². The van der Waals surface area contributed by atoms with Crippen molar-refractivity contribution in [2.24, 2.45) is 5.92 Å². The summed E-state index contributed by atoms with van der Waals surface area (Å²) >= 11 is 12.7. The Morgan fingerprint density at radius 3 is 2.60 bits per heavy atom. The molecule has 4 heteroatoms. The van der Waals surface area contributed by atoms with E-state index in [9.17, 15) is 0 Å². The second-order valence-electron chi connectivity index (χ2n) is 5.42. The summed E-state index contributed by atoms with van der Waals surface area (Å²) < 4.78 is 5.49. The first-order valence-corrected chi connectivity index (χ1v) is 8.26. The van der Waals surface area contributed by atoms with Gasteiger partial charge in [0.2, 0.25) is 0 Å². The average molecular weight is 316 g/mol. The van der Waals surface area contributed by atoms with Gasteiger partial charge in [-0.1, -0.05) is 43.0 Å². The van der Waals surface area contributed by atoms with E-state index in [0.717, 1.165) is 35.9 Å². The molecule has 1 atom stereocenters. The molecule has 1 aromatic carbocycles. The summed E-state index contributed by atoms with van der Waals surface area (Å²) in [7, 11) is 0. The van der Waals surface area contributed by atoms with E-state index in [4.69, 9.17) is 27.9 Å². The number of ether oxygens (including phenoxy) is 1. The van der Waals surface area contributed by atoms with Crippen LogP contribution in [0.25, 0.3) is 0 Å². The molecule has 1 fully saturated rings. The van der Waals surface area contributed by atoms with Crippen LogP contribution in [0, 0.1) is 5.92 Å². The van der Waals surface area contributed by atoms with Gasteiger partial charge in [-0.15, -0.1) is 0 Å². The fourth-order valence-electron chi connectivity index (χ4n) is 2.40. The van der Waals surface area contributed by atoms with Crippen LogP contribution >= 0.6 is 23.2 Å². The van der Waals surface area contributed by atoms with Gasteiger partial charge in [0.1, 0.15) is 5.75 Å². The minimum absolute atomic E-state index is 0.295. The first-order chi connectivity index (χ1) is 9.65. The Balaban J connectivity index is 2.19. The standard InChI is InChI=1S/C16H23Cl2NO/c1-3-7-19-15(8-11-5-6-11)12-9-14(18)16(20-4-2)10-13(12)17/h9-11,15,19H,3-8H2,1-2H3. The van der Waals surface area contributed by atoms with Crippen LogP contribution in [0.1, 0.15) is 51.1 Å². The lowest BCUT2D eigenvalue weighted by atomic mass is 10.0. The smallest absolute Gasteiger partial charge is 0.139 e. The van der Waals surface area contributed by atoms with Gasteiger partial charge in [-0.3, -0.25) is 0 Å². The van der Waals surface area contributed by atoms with Crippen LogP contribution in [-0.2, 0) is 0 Å². The first-order valence-electron chi connectivity index (χ1n) is 7.50. The molecule has 1 aliphatic rings. The minimum Gasteiger partial charge on any atom is -0.492 e. The number of hydrogen-bond donors (Lipinski definition) is 1. The van der Waals surface area contributed by atoms with Crippen LogP contribution in [0.15, 0.2) is 12.1 Å². The van der Waals surface area contributed by atoms with Crippen LogP contribution in [0.4, 0.5) is 0 Å². The highest BCUT2D eigenvalue weighted by molar-refractivity contribution is 6.34. The summed E-state index contributed by atoms with van der Waals surface area (Å²) in [5.74, 6) is 1.51. The summed E-state index contributed by atoms with van der Waals surface area (Å²) in [6.45, 7) is 5.71. The molecule has 0 spiro atoms. The van der Waals surface area contributed by atoms with Crippen molar-refractivity contribution in [1.29, 1.82) is 0 Å². The molecule has 112 valence electrons. The molecular formula is C16H23Cl2NO. The van der Waals surface area contributed by atoms with Crippen molar-refractivity contribution >= 4 is 23.2 Å². The van der Waals surface area contributed by atoms with Gasteiger partial charge in [0.15, 0.2) is 0 Å². The molecule has 0 radical (unpaired) electrons. The molecule has 0 saturated heterocycles. The van der Waals surface area contributed by atoms with Crippen LogP contribution in [-0.4, -0.2) is 13.2 Å². The minimum atomic E-state index is 0.295. The normalized spacial score (nSPS) is 16.2. The highest BCUT2D eigenvalue weighted by Gasteiger charge is 2.27. The summed E-state index contributed by atoms with van der Waals surface area (Å²) in [5.41, 5.74) is 1.10. The second kappa shape index (κ2) is 7.53. The average Bonchev–Trinajstić information content (AvgIpc) is 3.23. The van der Waals surface area contributed by atoms with E-state index >= 15 is 0 Å². The fraction of sp³-hybridized carbons (Fsp3) is 0.625. The molecule has 0 amide bonds. The second-order valence-corrected chi connectivity index (χ2v) is 6.24. The number of benzene rings is 1. The Morgan fingerprint density at radius 2 is 2.00 bits per heavy atom. The maximum absolute atomic E-state index is 6.44. The van der Waals surface area contributed by atoms with Crippen molar-refractivity contribution in [3.05, 3.63) is 27.7 Å². The summed E-state index contributed by atoms with van der Waals surface area (Å²) in [6.07, 6.45) is 4.94. The molecule has 0 bridgehead atoms. The molecule has 1 saturated carbocycles. The molecule has 1 N–H and O–H groups in total. The Morgan fingerprint density at radius 1 is 1.25 bits per heavy atom. The molecule has 1 aromatic rings. The van der Waals surface area contributed by atoms with Gasteiger partial charge >= 0.3 is 0 Å². The third kappa shape index (κ3) is 4.28. The highest BCUT2D eigenvalue weighted by atomic mass is 35.5. The molecule has 2 rings (SSSR count). The molecule has 0 heterocycles. The first kappa shape index (κ1) is 15.9. The Hall–Kier alpha value is -0.440. The molecule has 0 aromatic heterocycles. The van der Waals surface area contributed by atoms with Crippen molar-refractivity contribution in [3.8, 4) is 5.75 Å². The molecule has 2 nitrogen and oxygen atoms in total. The number of halogens is 2. The van der Waals surface area contributed by atoms with Crippen molar-refractivity contribution in [2.45, 2.75) is 45.6 Å². The lowest BCUT2D eigenvalue weighted by Crippen LogP contribution is -2.23. The number of hydrogen-bond acceptors (Lipinski definition) is 2. The van der Waals surface area contributed by atoms with Gasteiger partial charge in [0.05, 0.1) is 11.6 Å². The summed E-state index contributed by atoms with van der Waals surface area (Å²) in [5, 5.41) is 4.98. The zero-order valence-electron chi connectivity index (χ0n) is 12.2. The van der Waals surface area contributed by atoms with E-state index in [1.54, 1.807) is 0 Å². The van der Waals surface area contributed by atoms with Gasteiger partial charge < -0.3 is 10.1 Å². The Kier molecular flexibility index (Phi) is 6.01. The van der Waals surface area contributed by atoms with Crippen molar-refractivity contribution < 1.29 is 4.74 Å². The number of rotatable bonds is 8. The molecule has 20 heavy (non-hydrogen) atoms. The van der Waals surface area contributed by atoms with E-state index in [1.165, 1.54) is 12.8 Å². The summed E-state index contributed by atoms with van der Waals surface area (Å²) in [4.78, 5) is 0. The molecule has 1 aliphatic carbocycles. The van der Waals surface area contributed by atoms with Crippen LogP contribution in [0.5, 0.6) is 5.75 Å². The quantitative estimate of drug-likeness (QED) is 0.709.